The molecule has 0 amide bonds. The fourth-order valence-corrected chi connectivity index (χ4v) is 1.68. The summed E-state index contributed by atoms with van der Waals surface area (Å²) in [6.45, 7) is 1.62. The molecule has 0 aliphatic rings. The van der Waals surface area contributed by atoms with E-state index in [-0.39, 0.29) is 0 Å². The Morgan fingerprint density at radius 1 is 0.882 bits per heavy atom. The molecule has 0 saturated heterocycles. The number of H-pyrrole nitrogens is 2. The van der Waals surface area contributed by atoms with Gasteiger partial charge in [0.25, 0.3) is 0 Å². The summed E-state index contributed by atoms with van der Waals surface area (Å²) in [4.78, 5) is 0. The molecule has 0 spiro atoms. The van der Waals surface area contributed by atoms with E-state index in [4.69, 9.17) is 4.74 Å². The molecule has 0 aromatic carbocycles. The number of aromatic nitrogens is 4. The van der Waals surface area contributed by atoms with Crippen LogP contribution in [-0.4, -0.2) is 33.6 Å². The van der Waals surface area contributed by atoms with Gasteiger partial charge >= 0.3 is 0 Å². The van der Waals surface area contributed by atoms with Crippen molar-refractivity contribution >= 4 is 0 Å². The van der Waals surface area contributed by atoms with E-state index >= 15 is 0 Å². The van der Waals surface area contributed by atoms with E-state index in [0.717, 1.165) is 38.9 Å². The SMILES string of the molecule is c1cc(CCCOCCCc2ccn[nH]2)[nH]n1. The highest BCUT2D eigenvalue weighted by Gasteiger charge is 1.96. The van der Waals surface area contributed by atoms with Crippen LogP contribution in [0.5, 0.6) is 0 Å². The zero-order chi connectivity index (χ0) is 11.8. The second-order valence-corrected chi connectivity index (χ2v) is 3.98. The van der Waals surface area contributed by atoms with Gasteiger partial charge in [-0.3, -0.25) is 10.2 Å². The van der Waals surface area contributed by atoms with Crippen LogP contribution in [0.2, 0.25) is 0 Å². The van der Waals surface area contributed by atoms with Crippen LogP contribution in [0.15, 0.2) is 24.5 Å². The van der Waals surface area contributed by atoms with E-state index in [9.17, 15) is 0 Å². The summed E-state index contributed by atoms with van der Waals surface area (Å²) in [5.74, 6) is 0. The zero-order valence-corrected chi connectivity index (χ0v) is 9.85. The first kappa shape index (κ1) is 11.9. The molecule has 2 rings (SSSR count). The number of aryl methyl sites for hydroxylation is 2. The molecule has 2 N–H and O–H groups in total. The van der Waals surface area contributed by atoms with Crippen LogP contribution >= 0.6 is 0 Å². The summed E-state index contributed by atoms with van der Waals surface area (Å²) >= 11 is 0. The van der Waals surface area contributed by atoms with Crippen molar-refractivity contribution in [2.45, 2.75) is 25.7 Å². The highest BCUT2D eigenvalue weighted by molar-refractivity contribution is 4.97. The fourth-order valence-electron chi connectivity index (χ4n) is 1.68. The molecular weight excluding hydrogens is 216 g/mol. The number of ether oxygens (including phenoxy) is 1. The number of rotatable bonds is 8. The molecule has 0 saturated carbocycles. The van der Waals surface area contributed by atoms with Gasteiger partial charge < -0.3 is 4.74 Å². The standard InChI is InChI=1S/C12H18N4O/c1(3-11-5-7-13-15-11)9-17-10-2-4-12-6-8-14-16-12/h5-8H,1-4,9-10H2,(H,13,15)(H,14,16). The van der Waals surface area contributed by atoms with E-state index in [0.29, 0.717) is 0 Å². The lowest BCUT2D eigenvalue weighted by atomic mass is 10.2. The molecule has 0 radical (unpaired) electrons. The van der Waals surface area contributed by atoms with Crippen molar-refractivity contribution in [2.24, 2.45) is 0 Å². The average Bonchev–Trinajstić information content (AvgIpc) is 3.00. The van der Waals surface area contributed by atoms with Gasteiger partial charge in [0.2, 0.25) is 0 Å². The van der Waals surface area contributed by atoms with E-state index in [2.05, 4.69) is 20.4 Å². The van der Waals surface area contributed by atoms with Crippen LogP contribution in [0.3, 0.4) is 0 Å². The third kappa shape index (κ3) is 4.40. The Morgan fingerprint density at radius 2 is 1.41 bits per heavy atom. The van der Waals surface area contributed by atoms with E-state index in [1.54, 1.807) is 12.4 Å². The molecule has 0 bridgehead atoms. The Bertz CT molecular complexity index is 344. The van der Waals surface area contributed by atoms with Gasteiger partial charge in [-0.2, -0.15) is 10.2 Å². The van der Waals surface area contributed by atoms with Gasteiger partial charge in [0.15, 0.2) is 0 Å². The molecular formula is C12H18N4O. The third-order valence-corrected chi connectivity index (χ3v) is 2.59. The zero-order valence-electron chi connectivity index (χ0n) is 9.85. The van der Waals surface area contributed by atoms with Crippen LogP contribution in [-0.2, 0) is 17.6 Å². The molecule has 0 atom stereocenters. The normalized spacial score (nSPS) is 10.8. The lowest BCUT2D eigenvalue weighted by Gasteiger charge is -2.02. The van der Waals surface area contributed by atoms with E-state index in [1.165, 1.54) is 11.4 Å². The summed E-state index contributed by atoms with van der Waals surface area (Å²) in [7, 11) is 0. The van der Waals surface area contributed by atoms with Gasteiger partial charge in [-0.1, -0.05) is 0 Å². The summed E-state index contributed by atoms with van der Waals surface area (Å²) in [5, 5.41) is 13.7. The second-order valence-electron chi connectivity index (χ2n) is 3.98. The van der Waals surface area contributed by atoms with Crippen molar-refractivity contribution < 1.29 is 4.74 Å². The maximum absolute atomic E-state index is 5.56. The van der Waals surface area contributed by atoms with Gasteiger partial charge in [-0.15, -0.1) is 0 Å². The van der Waals surface area contributed by atoms with Crippen LogP contribution in [0, 0.1) is 0 Å². The molecule has 2 aromatic heterocycles. The van der Waals surface area contributed by atoms with Gasteiger partial charge in [0.05, 0.1) is 0 Å². The fraction of sp³-hybridized carbons (Fsp3) is 0.500. The van der Waals surface area contributed by atoms with Gasteiger partial charge in [-0.25, -0.2) is 0 Å². The minimum Gasteiger partial charge on any atom is -0.381 e. The number of hydrogen-bond donors (Lipinski definition) is 2. The minimum atomic E-state index is 0.808. The lowest BCUT2D eigenvalue weighted by Crippen LogP contribution is -2.00. The Morgan fingerprint density at radius 3 is 1.82 bits per heavy atom. The topological polar surface area (TPSA) is 66.6 Å². The third-order valence-electron chi connectivity index (χ3n) is 2.59. The molecule has 0 unspecified atom stereocenters. The average molecular weight is 234 g/mol. The summed E-state index contributed by atoms with van der Waals surface area (Å²) < 4.78 is 5.56. The molecule has 2 heterocycles. The maximum Gasteiger partial charge on any atom is 0.0490 e. The monoisotopic (exact) mass is 234 g/mol. The molecule has 2 aromatic rings. The van der Waals surface area contributed by atoms with Crippen molar-refractivity contribution in [3.63, 3.8) is 0 Å². The Kier molecular flexibility index (Phi) is 4.78. The summed E-state index contributed by atoms with van der Waals surface area (Å²) in [6, 6.07) is 4.00. The van der Waals surface area contributed by atoms with Crippen molar-refractivity contribution in [2.75, 3.05) is 13.2 Å². The first-order chi connectivity index (χ1) is 8.45. The lowest BCUT2D eigenvalue weighted by molar-refractivity contribution is 0.129. The van der Waals surface area contributed by atoms with Crippen molar-refractivity contribution in [3.8, 4) is 0 Å². The molecule has 0 aliphatic carbocycles. The first-order valence-electron chi connectivity index (χ1n) is 5.99. The number of aromatic amines is 2. The molecule has 92 valence electrons. The Labute approximate surface area is 101 Å². The molecule has 5 heteroatoms. The van der Waals surface area contributed by atoms with Crippen LogP contribution in [0.4, 0.5) is 0 Å². The number of nitrogens with zero attached hydrogens (tertiary/aromatic N) is 2. The minimum absolute atomic E-state index is 0.808. The molecule has 5 nitrogen and oxygen atoms in total. The first-order valence-corrected chi connectivity index (χ1v) is 5.99. The predicted octanol–water partition coefficient (Wildman–Crippen LogP) is 1.71. The van der Waals surface area contributed by atoms with Crippen molar-refractivity contribution in [1.82, 2.24) is 20.4 Å². The smallest absolute Gasteiger partial charge is 0.0490 e. The van der Waals surface area contributed by atoms with E-state index in [1.807, 2.05) is 12.1 Å². The van der Waals surface area contributed by atoms with Crippen LogP contribution in [0.25, 0.3) is 0 Å². The molecule has 0 fully saturated rings. The second kappa shape index (κ2) is 6.85. The van der Waals surface area contributed by atoms with Crippen LogP contribution < -0.4 is 0 Å². The number of hydrogen-bond acceptors (Lipinski definition) is 3. The largest absolute Gasteiger partial charge is 0.381 e. The van der Waals surface area contributed by atoms with E-state index < -0.39 is 0 Å². The highest BCUT2D eigenvalue weighted by Crippen LogP contribution is 2.00. The van der Waals surface area contributed by atoms with Crippen molar-refractivity contribution in [1.29, 1.82) is 0 Å². The predicted molar refractivity (Wildman–Crippen MR) is 64.6 cm³/mol. The highest BCUT2D eigenvalue weighted by atomic mass is 16.5. The summed E-state index contributed by atoms with van der Waals surface area (Å²) in [6.07, 6.45) is 7.63. The maximum atomic E-state index is 5.56. The quantitative estimate of drug-likeness (QED) is 0.683. The van der Waals surface area contributed by atoms with Gasteiger partial charge in [-0.05, 0) is 37.8 Å². The molecule has 17 heavy (non-hydrogen) atoms. The Hall–Kier alpha value is -1.62. The van der Waals surface area contributed by atoms with Crippen LogP contribution in [0.1, 0.15) is 24.2 Å². The summed E-state index contributed by atoms with van der Waals surface area (Å²) in [5.41, 5.74) is 2.34. The Balaban J connectivity index is 1.44. The number of nitrogens with one attached hydrogen (secondary N) is 2. The van der Waals surface area contributed by atoms with Crippen molar-refractivity contribution in [3.05, 3.63) is 35.9 Å². The van der Waals surface area contributed by atoms with Gasteiger partial charge in [0, 0.05) is 37.0 Å². The molecule has 0 aliphatic heterocycles. The van der Waals surface area contributed by atoms with Gasteiger partial charge in [0.1, 0.15) is 0 Å².